The molecule has 0 aliphatic carbocycles. The van der Waals surface area contributed by atoms with Crippen molar-refractivity contribution in [2.75, 3.05) is 18.9 Å². The summed E-state index contributed by atoms with van der Waals surface area (Å²) in [5, 5.41) is 37.3. The Kier molecular flexibility index (Phi) is 25.0. The van der Waals surface area contributed by atoms with Gasteiger partial charge < -0.3 is 74.9 Å². The second kappa shape index (κ2) is 29.7. The summed E-state index contributed by atoms with van der Waals surface area (Å²) in [7, 11) is 0. The van der Waals surface area contributed by atoms with E-state index in [2.05, 4.69) is 59.8 Å². The molecule has 1 heterocycles. The number of nitrogens with one attached hydrogen (secondary N) is 9. The maximum Gasteiger partial charge on any atom is 0.328 e. The van der Waals surface area contributed by atoms with Crippen LogP contribution >= 0.6 is 12.6 Å². The van der Waals surface area contributed by atoms with Crippen molar-refractivity contribution >= 4 is 77.7 Å². The molecule has 10 amide bonds. The maximum atomic E-state index is 14.1. The second-order valence-corrected chi connectivity index (χ2v) is 17.3. The van der Waals surface area contributed by atoms with E-state index in [9.17, 15) is 52.7 Å². The van der Waals surface area contributed by atoms with Crippen LogP contribution in [0.1, 0.15) is 64.6 Å². The summed E-state index contributed by atoms with van der Waals surface area (Å²) >= 11 is 4.11. The first kappa shape index (κ1) is 59.0. The molecular weight excluding hydrogens is 939 g/mol. The minimum absolute atomic E-state index is 0.00615. The summed E-state index contributed by atoms with van der Waals surface area (Å²) in [5.74, 6) is -12.0. The highest BCUT2D eigenvalue weighted by Crippen LogP contribution is 2.11. The number of primary amides is 2. The molecule has 0 fully saturated rings. The Labute approximate surface area is 408 Å². The molecule has 386 valence electrons. The number of amides is 10. The number of hydrogen-bond donors (Lipinski definition) is 15. The van der Waals surface area contributed by atoms with Crippen molar-refractivity contribution < 1.29 is 63.0 Å². The van der Waals surface area contributed by atoms with E-state index in [4.69, 9.17) is 27.4 Å². The average molecular weight is 1000 g/mol. The number of aliphatic hydroxyl groups is 1. The van der Waals surface area contributed by atoms with E-state index in [1.54, 1.807) is 58.0 Å². The molecule has 0 radical (unpaired) electrons. The Bertz CT molecular complexity index is 2130. The van der Waals surface area contributed by atoms with Gasteiger partial charge in [0.1, 0.15) is 42.3 Å². The molecule has 0 saturated carbocycles. The predicted molar refractivity (Wildman–Crippen MR) is 252 cm³/mol. The number of aromatic amines is 1. The molecule has 70 heavy (non-hydrogen) atoms. The molecule has 2 rings (SSSR count). The van der Waals surface area contributed by atoms with Gasteiger partial charge in [-0.3, -0.25) is 47.9 Å². The molecule has 0 spiro atoms. The molecule has 0 aliphatic rings. The number of aliphatic hydroxyl groups excluding tert-OH is 1. The number of carboxylic acids is 1. The fourth-order valence-corrected chi connectivity index (χ4v) is 6.77. The number of imidazole rings is 1. The summed E-state index contributed by atoms with van der Waals surface area (Å²) in [6.45, 7) is 5.04. The fraction of sp³-hybridized carbons (Fsp3) is 0.535. The van der Waals surface area contributed by atoms with Gasteiger partial charge in [0.25, 0.3) is 0 Å². The number of nitrogens with two attached hydrogens (primary N) is 3. The Morgan fingerprint density at radius 1 is 0.671 bits per heavy atom. The quantitative estimate of drug-likeness (QED) is 0.0314. The van der Waals surface area contributed by atoms with Crippen LogP contribution in [0.15, 0.2) is 42.9 Å². The van der Waals surface area contributed by atoms with Crippen LogP contribution in [0.25, 0.3) is 0 Å². The van der Waals surface area contributed by atoms with Crippen LogP contribution in [-0.4, -0.2) is 152 Å². The third-order valence-electron chi connectivity index (χ3n) is 10.2. The number of benzene rings is 1. The van der Waals surface area contributed by atoms with Crippen LogP contribution in [0.4, 0.5) is 0 Å². The number of nitrogens with zero attached hydrogens (tertiary/aromatic N) is 1. The number of carbonyl (C=O) groups excluding carboxylic acids is 10. The lowest BCUT2D eigenvalue weighted by Crippen LogP contribution is -2.61. The number of rotatable bonds is 31. The van der Waals surface area contributed by atoms with Gasteiger partial charge in [-0.25, -0.2) is 9.78 Å². The zero-order chi connectivity index (χ0) is 52.7. The summed E-state index contributed by atoms with van der Waals surface area (Å²) in [6.07, 6.45) is 0.858. The predicted octanol–water partition coefficient (Wildman–Crippen LogP) is -5.12. The number of thiol groups is 1. The van der Waals surface area contributed by atoms with Crippen LogP contribution < -0.4 is 59.7 Å². The number of aromatic nitrogens is 2. The first-order valence-corrected chi connectivity index (χ1v) is 22.8. The average Bonchev–Trinajstić information content (AvgIpc) is 3.81. The smallest absolute Gasteiger partial charge is 0.328 e. The van der Waals surface area contributed by atoms with Crippen molar-refractivity contribution in [2.45, 2.75) is 115 Å². The first-order valence-electron chi connectivity index (χ1n) is 22.1. The van der Waals surface area contributed by atoms with E-state index in [0.717, 1.165) is 5.56 Å². The number of hydrogen-bond acceptors (Lipinski definition) is 15. The van der Waals surface area contributed by atoms with Gasteiger partial charge in [0.2, 0.25) is 59.1 Å². The lowest BCUT2D eigenvalue weighted by molar-refractivity contribution is -0.143. The third kappa shape index (κ3) is 21.0. The Morgan fingerprint density at radius 2 is 1.24 bits per heavy atom. The molecule has 17 N–H and O–H groups in total. The van der Waals surface area contributed by atoms with Gasteiger partial charge in [-0.05, 0) is 36.7 Å². The molecule has 27 heteroatoms. The van der Waals surface area contributed by atoms with Crippen molar-refractivity contribution in [3.63, 3.8) is 0 Å². The van der Waals surface area contributed by atoms with Crippen molar-refractivity contribution in [3.05, 3.63) is 54.1 Å². The largest absolute Gasteiger partial charge is 0.480 e. The van der Waals surface area contributed by atoms with Crippen molar-refractivity contribution in [1.29, 1.82) is 0 Å². The van der Waals surface area contributed by atoms with Gasteiger partial charge in [0.05, 0.1) is 37.6 Å². The molecule has 1 aromatic carbocycles. The molecule has 1 aromatic heterocycles. The minimum atomic E-state index is -1.72. The molecule has 0 saturated heterocycles. The topological polar surface area (TPSA) is 431 Å². The van der Waals surface area contributed by atoms with Gasteiger partial charge >= 0.3 is 5.97 Å². The Hall–Kier alpha value is -7.13. The van der Waals surface area contributed by atoms with Gasteiger partial charge in [-0.2, -0.15) is 12.6 Å². The van der Waals surface area contributed by atoms with Crippen molar-refractivity contribution in [1.82, 2.24) is 52.5 Å². The highest BCUT2D eigenvalue weighted by Gasteiger charge is 2.35. The lowest BCUT2D eigenvalue weighted by Gasteiger charge is -2.28. The summed E-state index contributed by atoms with van der Waals surface area (Å²) < 4.78 is 0. The van der Waals surface area contributed by atoms with E-state index in [1.807, 2.05) is 5.32 Å². The van der Waals surface area contributed by atoms with Crippen molar-refractivity contribution in [3.8, 4) is 0 Å². The fourth-order valence-electron chi connectivity index (χ4n) is 6.51. The van der Waals surface area contributed by atoms with Gasteiger partial charge in [0.15, 0.2) is 0 Å². The van der Waals surface area contributed by atoms with Crippen LogP contribution in [0.3, 0.4) is 0 Å². The van der Waals surface area contributed by atoms with E-state index in [1.165, 1.54) is 12.5 Å². The van der Waals surface area contributed by atoms with Crippen LogP contribution in [0.2, 0.25) is 0 Å². The second-order valence-electron chi connectivity index (χ2n) is 16.9. The molecular formula is C43H65N13O13S. The van der Waals surface area contributed by atoms with E-state index in [0.29, 0.717) is 0 Å². The van der Waals surface area contributed by atoms with E-state index in [-0.39, 0.29) is 36.6 Å². The van der Waals surface area contributed by atoms with Crippen LogP contribution in [0, 0.1) is 11.8 Å². The number of carbonyl (C=O) groups is 11. The van der Waals surface area contributed by atoms with Gasteiger partial charge in [-0.15, -0.1) is 0 Å². The molecule has 0 bridgehead atoms. The first-order chi connectivity index (χ1) is 32.9. The van der Waals surface area contributed by atoms with Crippen LogP contribution in [0.5, 0.6) is 0 Å². The summed E-state index contributed by atoms with van der Waals surface area (Å²) in [4.78, 5) is 150. The standard InChI is InChI=1S/C43H65N13O13S/c1-21(2)12-27(39(64)55-31(19-70)37(62)48-17-34(60)50-30(18-57)43(68)69)52-40(65)28(14-24-16-47-20-49-24)53-38(63)26(10-11-32(45)58)51-41(66)29(15-33(46)59)54-42(67)35(22(3)4)56-36(61)25(44)13-23-8-6-5-7-9-23/h5-9,16,20-22,25-31,35,57,70H,10-15,17-19,44H2,1-4H3,(H2,45,58)(H2,46,59)(H,47,49)(H,48,62)(H,50,60)(H,51,66)(H,52,65)(H,53,63)(H,54,67)(H,55,64)(H,56,61)(H,68,69)/t25-,26-,27-,28-,29-,30-,31-,35-/m0/s1. The highest BCUT2D eigenvalue weighted by molar-refractivity contribution is 7.80. The third-order valence-corrected chi connectivity index (χ3v) is 10.6. The van der Waals surface area contributed by atoms with Crippen LogP contribution in [-0.2, 0) is 65.6 Å². The molecule has 26 nitrogen and oxygen atoms in total. The molecule has 0 aliphatic heterocycles. The monoisotopic (exact) mass is 1000 g/mol. The van der Waals surface area contributed by atoms with Gasteiger partial charge in [0, 0.05) is 24.8 Å². The Morgan fingerprint density at radius 3 is 1.79 bits per heavy atom. The SMILES string of the molecule is CC(C)C[C@H](NC(=O)[C@H](Cc1c[nH]cn1)NC(=O)[C@H](CCC(N)=O)NC(=O)[C@H](CC(N)=O)NC(=O)[C@@H](NC(=O)[C@@H](N)Cc1ccccc1)C(C)C)C(=O)N[C@@H](CS)C(=O)NCC(=O)N[C@@H](CO)C(=O)O. The number of carboxylic acid groups (broad SMARTS) is 1. The molecule has 2 aromatic rings. The lowest BCUT2D eigenvalue weighted by atomic mass is 10.0. The number of aliphatic carboxylic acids is 1. The highest BCUT2D eigenvalue weighted by atomic mass is 32.1. The van der Waals surface area contributed by atoms with E-state index < -0.39 is 152 Å². The summed E-state index contributed by atoms with van der Waals surface area (Å²) in [5.41, 5.74) is 18.0. The summed E-state index contributed by atoms with van der Waals surface area (Å²) in [6, 6.07) is -2.71. The van der Waals surface area contributed by atoms with Crippen molar-refractivity contribution in [2.24, 2.45) is 29.0 Å². The zero-order valence-electron chi connectivity index (χ0n) is 39.2. The van der Waals surface area contributed by atoms with E-state index >= 15 is 0 Å². The minimum Gasteiger partial charge on any atom is -0.480 e. The number of H-pyrrole nitrogens is 1. The maximum absolute atomic E-state index is 14.1. The Balaban J connectivity index is 2.33. The van der Waals surface area contributed by atoms with Gasteiger partial charge in [-0.1, -0.05) is 58.0 Å². The normalized spacial score (nSPS) is 14.5. The molecule has 0 unspecified atom stereocenters. The zero-order valence-corrected chi connectivity index (χ0v) is 40.1. The molecule has 8 atom stereocenters.